The molecule has 2 aromatic rings. The Morgan fingerprint density at radius 2 is 2.22 bits per heavy atom. The normalized spacial score (nSPS) is 19.1. The number of azide groups is 1. The zero-order valence-corrected chi connectivity index (χ0v) is 19.7. The molecule has 1 aliphatic heterocycles. The number of aromatic nitrogens is 3. The zero-order chi connectivity index (χ0) is 27.1. The average molecular weight is 543 g/mol. The number of hydrogen-bond donors (Lipinski definition) is 5. The number of aliphatic hydroxyl groups is 2. The number of anilines is 1. The first kappa shape index (κ1) is 27.8. The van der Waals surface area contributed by atoms with Gasteiger partial charge in [0.25, 0.3) is 5.56 Å². The Bertz CT molecular complexity index is 1360. The van der Waals surface area contributed by atoms with E-state index in [4.69, 9.17) is 21.9 Å². The monoisotopic (exact) mass is 542 g/mol. The van der Waals surface area contributed by atoms with E-state index in [1.165, 1.54) is 18.3 Å². The number of nitrogens with zero attached hydrogens (tertiary/aromatic N) is 5. The number of carbonyl (C=O) groups is 1. The van der Waals surface area contributed by atoms with Crippen LogP contribution in [0.1, 0.15) is 24.6 Å². The minimum Gasteiger partial charge on any atom is -0.394 e. The Morgan fingerprint density at radius 1 is 1.46 bits per heavy atom. The van der Waals surface area contributed by atoms with Crippen molar-refractivity contribution in [3.8, 4) is 0 Å². The van der Waals surface area contributed by atoms with Crippen LogP contribution in [0, 0.1) is 11.8 Å². The molecule has 3 atom stereocenters. The highest BCUT2D eigenvalue weighted by molar-refractivity contribution is 6.33. The van der Waals surface area contributed by atoms with E-state index < -0.39 is 70.5 Å². The van der Waals surface area contributed by atoms with E-state index in [0.29, 0.717) is 0 Å². The summed E-state index contributed by atoms with van der Waals surface area (Å²) < 4.78 is 34.5. The minimum atomic E-state index is -1.26. The van der Waals surface area contributed by atoms with Crippen LogP contribution < -0.4 is 21.9 Å². The second-order valence-electron chi connectivity index (χ2n) is 7.67. The second-order valence-corrected chi connectivity index (χ2v) is 8.04. The fourth-order valence-corrected chi connectivity index (χ4v) is 3.54. The van der Waals surface area contributed by atoms with Gasteiger partial charge in [-0.15, -0.1) is 0 Å². The number of ether oxygens (including phenoxy) is 1. The molecule has 0 bridgehead atoms. The molecule has 0 spiro atoms. The van der Waals surface area contributed by atoms with Crippen molar-refractivity contribution < 1.29 is 28.5 Å². The van der Waals surface area contributed by atoms with Crippen molar-refractivity contribution in [2.45, 2.75) is 31.3 Å². The Hall–Kier alpha value is -3.82. The predicted molar refractivity (Wildman–Crippen MR) is 126 cm³/mol. The van der Waals surface area contributed by atoms with Gasteiger partial charge in [0, 0.05) is 37.0 Å². The summed E-state index contributed by atoms with van der Waals surface area (Å²) in [5.41, 5.74) is 6.32. The van der Waals surface area contributed by atoms with Crippen LogP contribution in [-0.4, -0.2) is 62.6 Å². The summed E-state index contributed by atoms with van der Waals surface area (Å²) in [4.78, 5) is 44.0. The topological polar surface area (TPSA) is 207 Å². The molecule has 5 N–H and O–H groups in total. The third kappa shape index (κ3) is 6.69. The van der Waals surface area contributed by atoms with E-state index in [0.717, 1.165) is 4.57 Å². The summed E-state index contributed by atoms with van der Waals surface area (Å²) >= 11 is 5.52. The number of pyridine rings is 1. The summed E-state index contributed by atoms with van der Waals surface area (Å²) in [6.45, 7) is -0.592. The van der Waals surface area contributed by atoms with Gasteiger partial charge in [-0.1, -0.05) is 28.9 Å². The number of carbonyl (C=O) groups excluding carboxylic acids is 1. The number of H-pyrrole nitrogens is 1. The lowest BCUT2D eigenvalue weighted by Gasteiger charge is -2.14. The van der Waals surface area contributed by atoms with Crippen LogP contribution >= 0.6 is 11.6 Å². The standard InChI is InChI=1S/C20H21ClF2N8O6/c21-14-16(29-30-24)15(22)18(27-17(14)23)26-5-3-12(34)25-4-1-2-9-7-31(20(36)28-19(9)35)13-6-10(33)11(8-32)37-13/h1-2,7,10-11,13,32-33H,3-6,8H2,(H,25,34)(H,26,27)(H,28,35,36)/t10-,11+,13+/m0/s1. The SMILES string of the molecule is [N-]=[N+]=Nc1c(F)c(NCCC(=O)NCC=Cc2cn([C@H]3C[C@H](O)[C@@H](CO)O3)c(=O)[nH]c2=O)nc(F)c1Cl. The first-order chi connectivity index (χ1) is 17.7. The molecule has 17 heteroatoms. The minimum absolute atomic E-state index is 0.00809. The molecule has 1 aliphatic rings. The van der Waals surface area contributed by atoms with Crippen LogP contribution in [0.25, 0.3) is 16.5 Å². The molecular formula is C20H21ClF2N8O6. The van der Waals surface area contributed by atoms with Gasteiger partial charge in [-0.3, -0.25) is 19.1 Å². The third-order valence-corrected chi connectivity index (χ3v) is 5.54. The highest BCUT2D eigenvalue weighted by atomic mass is 35.5. The first-order valence-electron chi connectivity index (χ1n) is 10.7. The van der Waals surface area contributed by atoms with Crippen LogP contribution in [0.5, 0.6) is 0 Å². The van der Waals surface area contributed by atoms with E-state index in [1.807, 2.05) is 0 Å². The van der Waals surface area contributed by atoms with Gasteiger partial charge in [-0.05, 0) is 5.53 Å². The van der Waals surface area contributed by atoms with Gasteiger partial charge in [0.05, 0.1) is 18.3 Å². The molecule has 0 aliphatic carbocycles. The number of hydrogen-bond acceptors (Lipinski definition) is 9. The van der Waals surface area contributed by atoms with Crippen LogP contribution in [0.4, 0.5) is 20.3 Å². The van der Waals surface area contributed by atoms with Gasteiger partial charge in [-0.2, -0.15) is 9.37 Å². The Kier molecular flexibility index (Phi) is 9.32. The molecule has 1 fully saturated rings. The quantitative estimate of drug-likeness (QED) is 0.127. The van der Waals surface area contributed by atoms with E-state index in [2.05, 4.69) is 30.6 Å². The van der Waals surface area contributed by atoms with Crippen LogP contribution in [0.3, 0.4) is 0 Å². The summed E-state index contributed by atoms with van der Waals surface area (Å²) in [5, 5.41) is 26.2. The molecule has 0 unspecified atom stereocenters. The maximum absolute atomic E-state index is 14.2. The molecule has 3 rings (SSSR count). The number of nitrogens with one attached hydrogen (secondary N) is 3. The molecule has 2 aromatic heterocycles. The van der Waals surface area contributed by atoms with E-state index >= 15 is 0 Å². The number of amides is 1. The lowest BCUT2D eigenvalue weighted by atomic mass is 10.2. The average Bonchev–Trinajstić information content (AvgIpc) is 3.24. The largest absolute Gasteiger partial charge is 0.394 e. The van der Waals surface area contributed by atoms with Crippen molar-refractivity contribution in [3.05, 3.63) is 65.9 Å². The Labute approximate surface area is 211 Å². The maximum Gasteiger partial charge on any atom is 0.330 e. The molecule has 1 amide bonds. The molecule has 37 heavy (non-hydrogen) atoms. The van der Waals surface area contributed by atoms with Gasteiger partial charge in [0.15, 0.2) is 11.6 Å². The van der Waals surface area contributed by atoms with Gasteiger partial charge in [-0.25, -0.2) is 9.18 Å². The van der Waals surface area contributed by atoms with E-state index in [1.54, 1.807) is 0 Å². The third-order valence-electron chi connectivity index (χ3n) is 5.21. The van der Waals surface area contributed by atoms with Gasteiger partial charge in [0.2, 0.25) is 11.9 Å². The highest BCUT2D eigenvalue weighted by Gasteiger charge is 2.35. The molecule has 14 nitrogen and oxygen atoms in total. The number of aliphatic hydroxyl groups excluding tert-OH is 2. The van der Waals surface area contributed by atoms with Gasteiger partial charge >= 0.3 is 5.69 Å². The molecule has 3 heterocycles. The van der Waals surface area contributed by atoms with Crippen molar-refractivity contribution in [1.29, 1.82) is 0 Å². The lowest BCUT2D eigenvalue weighted by molar-refractivity contribution is -0.120. The van der Waals surface area contributed by atoms with Crippen molar-refractivity contribution in [2.24, 2.45) is 5.11 Å². The van der Waals surface area contributed by atoms with Crippen molar-refractivity contribution in [3.63, 3.8) is 0 Å². The summed E-state index contributed by atoms with van der Waals surface area (Å²) in [6.07, 6.45) is 1.19. The highest BCUT2D eigenvalue weighted by Crippen LogP contribution is 2.33. The number of halogens is 3. The van der Waals surface area contributed by atoms with Gasteiger partial charge in [0.1, 0.15) is 23.0 Å². The molecular weight excluding hydrogens is 522 g/mol. The van der Waals surface area contributed by atoms with Crippen molar-refractivity contribution >= 4 is 35.1 Å². The molecule has 198 valence electrons. The van der Waals surface area contributed by atoms with E-state index in [-0.39, 0.29) is 31.5 Å². The Morgan fingerprint density at radius 3 is 2.89 bits per heavy atom. The lowest BCUT2D eigenvalue weighted by Crippen LogP contribution is -2.33. The summed E-state index contributed by atoms with van der Waals surface area (Å²) in [6, 6.07) is 0. The van der Waals surface area contributed by atoms with Crippen LogP contribution in [0.2, 0.25) is 5.02 Å². The Balaban J connectivity index is 1.54. The first-order valence-corrected chi connectivity index (χ1v) is 11.1. The van der Waals surface area contributed by atoms with E-state index in [9.17, 15) is 33.4 Å². The van der Waals surface area contributed by atoms with Crippen LogP contribution in [0.15, 0.2) is 27.0 Å². The van der Waals surface area contributed by atoms with Crippen molar-refractivity contribution in [1.82, 2.24) is 19.9 Å². The number of rotatable bonds is 10. The molecule has 0 radical (unpaired) electrons. The molecule has 1 saturated heterocycles. The van der Waals surface area contributed by atoms with Crippen LogP contribution in [-0.2, 0) is 9.53 Å². The maximum atomic E-state index is 14.2. The number of aromatic amines is 1. The van der Waals surface area contributed by atoms with Gasteiger partial charge < -0.3 is 25.6 Å². The zero-order valence-electron chi connectivity index (χ0n) is 18.9. The summed E-state index contributed by atoms with van der Waals surface area (Å²) in [5.74, 6) is -3.50. The predicted octanol–water partition coefficient (Wildman–Crippen LogP) is 1.08. The summed E-state index contributed by atoms with van der Waals surface area (Å²) in [7, 11) is 0. The molecule has 0 aromatic carbocycles. The second kappa shape index (κ2) is 12.4. The fourth-order valence-electron chi connectivity index (χ4n) is 3.38. The van der Waals surface area contributed by atoms with Crippen molar-refractivity contribution in [2.75, 3.05) is 25.0 Å². The fraction of sp³-hybridized carbons (Fsp3) is 0.400. The smallest absolute Gasteiger partial charge is 0.330 e. The molecule has 0 saturated carbocycles.